The quantitative estimate of drug-likeness (QED) is 0.512. The molecule has 2 aromatic carbocycles. The van der Waals surface area contributed by atoms with Gasteiger partial charge in [0.2, 0.25) is 0 Å². The van der Waals surface area contributed by atoms with E-state index in [0.29, 0.717) is 5.69 Å². The van der Waals surface area contributed by atoms with Crippen LogP contribution in [0.2, 0.25) is 0 Å². The summed E-state index contributed by atoms with van der Waals surface area (Å²) in [6, 6.07) is 7.20. The largest absolute Gasteiger partial charge is 0.397 e. The van der Waals surface area contributed by atoms with Crippen LogP contribution in [0.5, 0.6) is 0 Å². The minimum Gasteiger partial charge on any atom is -0.397 e. The van der Waals surface area contributed by atoms with Crippen LogP contribution in [0, 0.1) is 21.7 Å². The highest BCUT2D eigenvalue weighted by molar-refractivity contribution is 5.69. The molecule has 0 amide bonds. The minimum absolute atomic E-state index is 0.0914. The van der Waals surface area contributed by atoms with E-state index in [1.807, 2.05) is 0 Å². The van der Waals surface area contributed by atoms with Gasteiger partial charge in [-0.2, -0.15) is 0 Å². The highest BCUT2D eigenvalue weighted by atomic mass is 19.1. The number of nitro groups is 1. The fourth-order valence-corrected chi connectivity index (χ4v) is 1.68. The van der Waals surface area contributed by atoms with Crippen molar-refractivity contribution in [2.24, 2.45) is 0 Å². The number of rotatable bonds is 4. The van der Waals surface area contributed by atoms with Crippen LogP contribution in [0.15, 0.2) is 36.4 Å². The molecule has 0 aliphatic carbocycles. The van der Waals surface area contributed by atoms with Crippen LogP contribution in [0.25, 0.3) is 0 Å². The molecule has 0 unspecified atom stereocenters. The topological polar surface area (TPSA) is 81.2 Å². The van der Waals surface area contributed by atoms with E-state index in [-0.39, 0.29) is 23.5 Å². The molecular formula is C13H11F2N3O2. The number of nitro benzene ring substituents is 1. The molecule has 0 fully saturated rings. The minimum atomic E-state index is -0.669. The van der Waals surface area contributed by atoms with Crippen molar-refractivity contribution in [3.05, 3.63) is 63.7 Å². The maximum atomic E-state index is 13.4. The Hall–Kier alpha value is -2.70. The number of nitrogens with one attached hydrogen (secondary N) is 1. The van der Waals surface area contributed by atoms with Gasteiger partial charge in [-0.15, -0.1) is 0 Å². The summed E-state index contributed by atoms with van der Waals surface area (Å²) in [6.45, 7) is 0.0914. The predicted molar refractivity (Wildman–Crippen MR) is 71.2 cm³/mol. The lowest BCUT2D eigenvalue weighted by Crippen LogP contribution is -2.05. The van der Waals surface area contributed by atoms with Crippen molar-refractivity contribution in [3.63, 3.8) is 0 Å². The van der Waals surface area contributed by atoms with E-state index in [2.05, 4.69) is 5.32 Å². The number of nitrogen functional groups attached to an aromatic ring is 1. The van der Waals surface area contributed by atoms with E-state index >= 15 is 0 Å². The van der Waals surface area contributed by atoms with Gasteiger partial charge < -0.3 is 11.1 Å². The van der Waals surface area contributed by atoms with Gasteiger partial charge in [-0.3, -0.25) is 10.1 Å². The molecular weight excluding hydrogens is 268 g/mol. The van der Waals surface area contributed by atoms with Gasteiger partial charge in [0.1, 0.15) is 11.6 Å². The maximum absolute atomic E-state index is 13.4. The first-order valence-electron chi connectivity index (χ1n) is 5.69. The van der Waals surface area contributed by atoms with Crippen LogP contribution in [0.1, 0.15) is 5.56 Å². The lowest BCUT2D eigenvalue weighted by molar-refractivity contribution is -0.384. The first-order valence-corrected chi connectivity index (χ1v) is 5.69. The Balaban J connectivity index is 2.13. The summed E-state index contributed by atoms with van der Waals surface area (Å²) in [5, 5.41) is 13.4. The maximum Gasteiger partial charge on any atom is 0.271 e. The summed E-state index contributed by atoms with van der Waals surface area (Å²) in [5.74, 6) is -1.32. The Morgan fingerprint density at radius 2 is 1.95 bits per heavy atom. The van der Waals surface area contributed by atoms with E-state index in [0.717, 1.165) is 12.1 Å². The van der Waals surface area contributed by atoms with Crippen LogP contribution in [-0.4, -0.2) is 4.92 Å². The zero-order valence-electron chi connectivity index (χ0n) is 10.3. The second-order valence-electron chi connectivity index (χ2n) is 4.12. The highest BCUT2D eigenvalue weighted by Gasteiger charge is 2.09. The van der Waals surface area contributed by atoms with Gasteiger partial charge in [0.25, 0.3) is 5.69 Å². The lowest BCUT2D eigenvalue weighted by Gasteiger charge is -2.09. The van der Waals surface area contributed by atoms with Gasteiger partial charge >= 0.3 is 0 Å². The van der Waals surface area contributed by atoms with Crippen molar-refractivity contribution >= 4 is 17.1 Å². The molecule has 0 saturated carbocycles. The molecule has 20 heavy (non-hydrogen) atoms. The van der Waals surface area contributed by atoms with Crippen molar-refractivity contribution in [2.45, 2.75) is 6.54 Å². The second kappa shape index (κ2) is 5.52. The molecule has 0 atom stereocenters. The van der Waals surface area contributed by atoms with Crippen molar-refractivity contribution < 1.29 is 13.7 Å². The van der Waals surface area contributed by atoms with E-state index in [4.69, 9.17) is 5.73 Å². The van der Waals surface area contributed by atoms with Gasteiger partial charge in [-0.05, 0) is 12.1 Å². The van der Waals surface area contributed by atoms with Crippen molar-refractivity contribution in [1.29, 1.82) is 0 Å². The zero-order chi connectivity index (χ0) is 14.7. The molecule has 0 aliphatic rings. The average Bonchev–Trinajstić information content (AvgIpc) is 2.38. The molecule has 0 bridgehead atoms. The SMILES string of the molecule is Nc1cc([N+](=O)[O-])ccc1NCc1ccc(F)cc1F. The first-order chi connectivity index (χ1) is 9.47. The monoisotopic (exact) mass is 279 g/mol. The van der Waals surface area contributed by atoms with Crippen LogP contribution in [-0.2, 0) is 6.54 Å². The van der Waals surface area contributed by atoms with Crippen LogP contribution >= 0.6 is 0 Å². The number of anilines is 2. The zero-order valence-corrected chi connectivity index (χ0v) is 10.3. The summed E-state index contributed by atoms with van der Waals surface area (Å²) in [4.78, 5) is 10.0. The van der Waals surface area contributed by atoms with Crippen LogP contribution in [0.4, 0.5) is 25.8 Å². The van der Waals surface area contributed by atoms with Crippen molar-refractivity contribution in [3.8, 4) is 0 Å². The molecule has 7 heteroatoms. The molecule has 104 valence electrons. The normalized spacial score (nSPS) is 10.3. The highest BCUT2D eigenvalue weighted by Crippen LogP contribution is 2.24. The molecule has 0 saturated heterocycles. The third kappa shape index (κ3) is 3.00. The Morgan fingerprint density at radius 3 is 2.55 bits per heavy atom. The Morgan fingerprint density at radius 1 is 1.20 bits per heavy atom. The Labute approximate surface area is 113 Å². The number of nitrogens with two attached hydrogens (primary N) is 1. The van der Waals surface area contributed by atoms with Gasteiger partial charge in [-0.1, -0.05) is 6.07 Å². The molecule has 0 spiro atoms. The average molecular weight is 279 g/mol. The van der Waals surface area contributed by atoms with E-state index in [1.54, 1.807) is 0 Å². The summed E-state index contributed by atoms with van der Waals surface area (Å²) in [5.41, 5.74) is 6.43. The summed E-state index contributed by atoms with van der Waals surface area (Å²) in [6.07, 6.45) is 0. The molecule has 0 aliphatic heterocycles. The molecule has 2 aromatic rings. The third-order valence-electron chi connectivity index (χ3n) is 2.73. The molecule has 3 N–H and O–H groups in total. The second-order valence-corrected chi connectivity index (χ2v) is 4.12. The van der Waals surface area contributed by atoms with Gasteiger partial charge in [0.15, 0.2) is 0 Å². The summed E-state index contributed by atoms with van der Waals surface area (Å²) in [7, 11) is 0. The van der Waals surface area contributed by atoms with Gasteiger partial charge in [-0.25, -0.2) is 8.78 Å². The number of hydrogen-bond donors (Lipinski definition) is 2. The van der Waals surface area contributed by atoms with Gasteiger partial charge in [0, 0.05) is 30.3 Å². The van der Waals surface area contributed by atoms with E-state index < -0.39 is 16.6 Å². The van der Waals surface area contributed by atoms with Crippen molar-refractivity contribution in [2.75, 3.05) is 11.1 Å². The number of hydrogen-bond acceptors (Lipinski definition) is 4. The standard InChI is InChI=1S/C13H11F2N3O2/c14-9-2-1-8(11(15)5-9)7-17-13-4-3-10(18(19)20)6-12(13)16/h1-6,17H,7,16H2. The first kappa shape index (κ1) is 13.7. The smallest absolute Gasteiger partial charge is 0.271 e. The molecule has 5 nitrogen and oxygen atoms in total. The van der Waals surface area contributed by atoms with E-state index in [9.17, 15) is 18.9 Å². The number of halogens is 2. The molecule has 2 rings (SSSR count). The predicted octanol–water partition coefficient (Wildman–Crippen LogP) is 3.07. The van der Waals surface area contributed by atoms with E-state index in [1.165, 1.54) is 24.3 Å². The molecule has 0 radical (unpaired) electrons. The van der Waals surface area contributed by atoms with Crippen LogP contribution in [0.3, 0.4) is 0 Å². The Bertz CT molecular complexity index is 662. The van der Waals surface area contributed by atoms with Gasteiger partial charge in [0.05, 0.1) is 16.3 Å². The molecule has 0 aromatic heterocycles. The lowest BCUT2D eigenvalue weighted by atomic mass is 10.2. The fourth-order valence-electron chi connectivity index (χ4n) is 1.68. The number of benzene rings is 2. The third-order valence-corrected chi connectivity index (χ3v) is 2.73. The number of non-ortho nitro benzene ring substituents is 1. The Kier molecular flexibility index (Phi) is 3.79. The number of nitrogens with zero attached hydrogens (tertiary/aromatic N) is 1. The summed E-state index contributed by atoms with van der Waals surface area (Å²) >= 11 is 0. The fraction of sp³-hybridized carbons (Fsp3) is 0.0769. The van der Waals surface area contributed by atoms with Crippen LogP contribution < -0.4 is 11.1 Å². The van der Waals surface area contributed by atoms with Crippen molar-refractivity contribution in [1.82, 2.24) is 0 Å². The molecule has 0 heterocycles. The summed E-state index contributed by atoms with van der Waals surface area (Å²) < 4.78 is 26.2.